The summed E-state index contributed by atoms with van der Waals surface area (Å²) in [6, 6.07) is 2.01. The maximum absolute atomic E-state index is 9.23. The van der Waals surface area contributed by atoms with Crippen LogP contribution in [0.3, 0.4) is 0 Å². The van der Waals surface area contributed by atoms with E-state index in [0.29, 0.717) is 5.92 Å². The number of hydrogen-bond acceptors (Lipinski definition) is 6. The van der Waals surface area contributed by atoms with E-state index in [4.69, 9.17) is 0 Å². The Labute approximate surface area is 118 Å². The summed E-state index contributed by atoms with van der Waals surface area (Å²) in [5.41, 5.74) is 0. The van der Waals surface area contributed by atoms with Gasteiger partial charge in [-0.05, 0) is 19.1 Å². The molecule has 1 saturated heterocycles. The molecule has 0 spiro atoms. The topological polar surface area (TPSA) is 61.3 Å². The second-order valence-corrected chi connectivity index (χ2v) is 5.58. The molecule has 1 atom stereocenters. The second-order valence-electron chi connectivity index (χ2n) is 4.81. The van der Waals surface area contributed by atoms with Gasteiger partial charge in [0.1, 0.15) is 11.6 Å². The zero-order valence-corrected chi connectivity index (χ0v) is 12.4. The summed E-state index contributed by atoms with van der Waals surface area (Å²) in [6.07, 6.45) is 4.10. The van der Waals surface area contributed by atoms with Gasteiger partial charge >= 0.3 is 0 Å². The molecule has 2 rings (SSSR count). The van der Waals surface area contributed by atoms with Crippen LogP contribution < -0.4 is 10.2 Å². The van der Waals surface area contributed by atoms with Crippen molar-refractivity contribution >= 4 is 23.4 Å². The van der Waals surface area contributed by atoms with Gasteiger partial charge in [0.2, 0.25) is 0 Å². The van der Waals surface area contributed by atoms with Gasteiger partial charge in [0.05, 0.1) is 0 Å². The Morgan fingerprint density at radius 2 is 2.37 bits per heavy atom. The van der Waals surface area contributed by atoms with Crippen LogP contribution in [0.4, 0.5) is 11.6 Å². The van der Waals surface area contributed by atoms with Crippen LogP contribution in [0.1, 0.15) is 19.8 Å². The summed E-state index contributed by atoms with van der Waals surface area (Å²) in [6.45, 7) is 5.16. The molecular formula is C13H22N4OS. The van der Waals surface area contributed by atoms with Crippen LogP contribution in [-0.4, -0.2) is 47.6 Å². The first-order chi connectivity index (χ1) is 9.26. The van der Waals surface area contributed by atoms with E-state index in [1.165, 1.54) is 0 Å². The molecule has 1 aromatic heterocycles. The monoisotopic (exact) mass is 282 g/mol. The van der Waals surface area contributed by atoms with E-state index in [0.717, 1.165) is 49.3 Å². The number of anilines is 2. The first kappa shape index (κ1) is 14.4. The van der Waals surface area contributed by atoms with Crippen molar-refractivity contribution < 1.29 is 5.11 Å². The number of nitrogens with zero attached hydrogens (tertiary/aromatic N) is 3. The van der Waals surface area contributed by atoms with Gasteiger partial charge in [0.25, 0.3) is 0 Å². The molecule has 1 aliphatic rings. The van der Waals surface area contributed by atoms with E-state index in [2.05, 4.69) is 27.1 Å². The van der Waals surface area contributed by atoms with E-state index in [9.17, 15) is 5.11 Å². The quantitative estimate of drug-likeness (QED) is 0.613. The summed E-state index contributed by atoms with van der Waals surface area (Å²) >= 11 is 1.56. The predicted molar refractivity (Wildman–Crippen MR) is 80.0 cm³/mol. The minimum atomic E-state index is 0.262. The fourth-order valence-corrected chi connectivity index (χ4v) is 2.57. The Hall–Kier alpha value is -1.01. The maximum Gasteiger partial charge on any atom is 0.191 e. The molecule has 106 valence electrons. The lowest BCUT2D eigenvalue weighted by molar-refractivity contribution is 0.238. The molecule has 1 aliphatic heterocycles. The number of aliphatic hydroxyl groups is 1. The van der Waals surface area contributed by atoms with Gasteiger partial charge < -0.3 is 15.3 Å². The highest BCUT2D eigenvalue weighted by atomic mass is 32.2. The minimum absolute atomic E-state index is 0.262. The zero-order valence-electron chi connectivity index (χ0n) is 11.6. The average Bonchev–Trinajstić information content (AvgIpc) is 2.93. The molecule has 5 nitrogen and oxygen atoms in total. The molecule has 6 heteroatoms. The van der Waals surface area contributed by atoms with E-state index in [1.54, 1.807) is 11.8 Å². The lowest BCUT2D eigenvalue weighted by Gasteiger charge is -2.18. The van der Waals surface area contributed by atoms with Crippen molar-refractivity contribution in [3.05, 3.63) is 6.07 Å². The fourth-order valence-electron chi connectivity index (χ4n) is 2.20. The third-order valence-electron chi connectivity index (χ3n) is 3.30. The van der Waals surface area contributed by atoms with Crippen LogP contribution in [0.2, 0.25) is 0 Å². The molecule has 0 amide bonds. The van der Waals surface area contributed by atoms with Crippen molar-refractivity contribution in [2.75, 3.05) is 42.7 Å². The van der Waals surface area contributed by atoms with Gasteiger partial charge in [-0.15, -0.1) is 0 Å². The van der Waals surface area contributed by atoms with Crippen LogP contribution in [0, 0.1) is 5.92 Å². The van der Waals surface area contributed by atoms with Crippen molar-refractivity contribution in [3.63, 3.8) is 0 Å². The van der Waals surface area contributed by atoms with Crippen LogP contribution in [0.15, 0.2) is 11.2 Å². The molecule has 0 bridgehead atoms. The SMILES string of the molecule is CCCNc1cc(N2CCC(CO)C2)nc(SC)n1. The summed E-state index contributed by atoms with van der Waals surface area (Å²) in [5.74, 6) is 2.23. The first-order valence-corrected chi connectivity index (χ1v) is 8.02. The highest BCUT2D eigenvalue weighted by molar-refractivity contribution is 7.98. The van der Waals surface area contributed by atoms with Gasteiger partial charge in [-0.2, -0.15) is 0 Å². The van der Waals surface area contributed by atoms with Gasteiger partial charge in [0, 0.05) is 38.2 Å². The van der Waals surface area contributed by atoms with Crippen molar-refractivity contribution in [2.45, 2.75) is 24.9 Å². The molecule has 2 heterocycles. The van der Waals surface area contributed by atoms with Gasteiger partial charge in [0.15, 0.2) is 5.16 Å². The predicted octanol–water partition coefficient (Wildman–Crippen LogP) is 1.84. The Bertz CT molecular complexity index is 416. The lowest BCUT2D eigenvalue weighted by Crippen LogP contribution is -2.22. The molecule has 19 heavy (non-hydrogen) atoms. The number of hydrogen-bond donors (Lipinski definition) is 2. The maximum atomic E-state index is 9.23. The molecular weight excluding hydrogens is 260 g/mol. The van der Waals surface area contributed by atoms with Crippen LogP contribution in [0.25, 0.3) is 0 Å². The third-order valence-corrected chi connectivity index (χ3v) is 3.85. The van der Waals surface area contributed by atoms with Crippen LogP contribution in [0.5, 0.6) is 0 Å². The zero-order chi connectivity index (χ0) is 13.7. The summed E-state index contributed by atoms with van der Waals surface area (Å²) in [7, 11) is 0. The van der Waals surface area contributed by atoms with Crippen LogP contribution >= 0.6 is 11.8 Å². The fraction of sp³-hybridized carbons (Fsp3) is 0.692. The molecule has 0 aliphatic carbocycles. The van der Waals surface area contributed by atoms with E-state index < -0.39 is 0 Å². The van der Waals surface area contributed by atoms with Crippen molar-refractivity contribution in [1.29, 1.82) is 0 Å². The largest absolute Gasteiger partial charge is 0.396 e. The number of thioether (sulfide) groups is 1. The highest BCUT2D eigenvalue weighted by Crippen LogP contribution is 2.25. The molecule has 0 aromatic carbocycles. The number of nitrogens with one attached hydrogen (secondary N) is 1. The van der Waals surface area contributed by atoms with E-state index in [1.807, 2.05) is 12.3 Å². The average molecular weight is 282 g/mol. The second kappa shape index (κ2) is 6.96. The molecule has 1 unspecified atom stereocenters. The molecule has 0 saturated carbocycles. The molecule has 1 fully saturated rings. The van der Waals surface area contributed by atoms with Gasteiger partial charge in [-0.1, -0.05) is 18.7 Å². The molecule has 2 N–H and O–H groups in total. The lowest BCUT2D eigenvalue weighted by atomic mass is 10.1. The molecule has 1 aromatic rings. The number of rotatable bonds is 6. The summed E-state index contributed by atoms with van der Waals surface area (Å²) in [5, 5.41) is 13.3. The van der Waals surface area contributed by atoms with Gasteiger partial charge in [-0.3, -0.25) is 0 Å². The Morgan fingerprint density at radius 3 is 3.00 bits per heavy atom. The van der Waals surface area contributed by atoms with Crippen LogP contribution in [-0.2, 0) is 0 Å². The van der Waals surface area contributed by atoms with E-state index in [-0.39, 0.29) is 6.61 Å². The summed E-state index contributed by atoms with van der Waals surface area (Å²) < 4.78 is 0. The first-order valence-electron chi connectivity index (χ1n) is 6.79. The van der Waals surface area contributed by atoms with Crippen molar-refractivity contribution in [3.8, 4) is 0 Å². The van der Waals surface area contributed by atoms with Crippen molar-refractivity contribution in [2.24, 2.45) is 5.92 Å². The van der Waals surface area contributed by atoms with Gasteiger partial charge in [-0.25, -0.2) is 9.97 Å². The molecule has 0 radical (unpaired) electrons. The summed E-state index contributed by atoms with van der Waals surface area (Å²) in [4.78, 5) is 11.3. The van der Waals surface area contributed by atoms with E-state index >= 15 is 0 Å². The highest BCUT2D eigenvalue weighted by Gasteiger charge is 2.23. The standard InChI is InChI=1S/C13H22N4OS/c1-3-5-14-11-7-12(16-13(15-11)19-2)17-6-4-10(8-17)9-18/h7,10,18H,3-6,8-9H2,1-2H3,(H,14,15,16). The minimum Gasteiger partial charge on any atom is -0.396 e. The number of aliphatic hydroxyl groups excluding tert-OH is 1. The Kier molecular flexibility index (Phi) is 5.27. The Balaban J connectivity index is 2.14. The third kappa shape index (κ3) is 3.73. The smallest absolute Gasteiger partial charge is 0.191 e. The van der Waals surface area contributed by atoms with Crippen molar-refractivity contribution in [1.82, 2.24) is 9.97 Å². The normalized spacial score (nSPS) is 18.9. The Morgan fingerprint density at radius 1 is 1.53 bits per heavy atom. The number of aromatic nitrogens is 2.